The van der Waals surface area contributed by atoms with Gasteiger partial charge in [0.1, 0.15) is 6.04 Å². The highest BCUT2D eigenvalue weighted by atomic mass is 16.5. The number of carbonyl (C=O) groups is 1. The van der Waals surface area contributed by atoms with Crippen molar-refractivity contribution in [2.24, 2.45) is 10.7 Å². The van der Waals surface area contributed by atoms with Crippen LogP contribution in [0.15, 0.2) is 4.99 Å². The minimum Gasteiger partial charge on any atom is -0.467 e. The Labute approximate surface area is 116 Å². The third kappa shape index (κ3) is 2.60. The van der Waals surface area contributed by atoms with Crippen LogP contribution in [0, 0.1) is 0 Å². The lowest BCUT2D eigenvalue weighted by atomic mass is 10.3. The minimum absolute atomic E-state index is 0.0613. The van der Waals surface area contributed by atoms with Crippen molar-refractivity contribution in [2.45, 2.75) is 32.9 Å². The molecule has 1 amide bonds. The first-order valence-electron chi connectivity index (χ1n) is 6.16. The second-order valence-electron chi connectivity index (χ2n) is 4.60. The molecule has 2 heterocycles. The van der Waals surface area contributed by atoms with Crippen LogP contribution in [0.3, 0.4) is 0 Å². The number of aromatic nitrogens is 3. The van der Waals surface area contributed by atoms with E-state index in [9.17, 15) is 4.79 Å². The topological polar surface area (TPSA) is 119 Å². The van der Waals surface area contributed by atoms with E-state index < -0.39 is 6.04 Å². The van der Waals surface area contributed by atoms with Crippen LogP contribution in [0.2, 0.25) is 0 Å². The van der Waals surface area contributed by atoms with E-state index in [1.807, 2.05) is 13.8 Å². The van der Waals surface area contributed by atoms with Crippen molar-refractivity contribution in [3.05, 3.63) is 0 Å². The molecule has 1 atom stereocenters. The van der Waals surface area contributed by atoms with Gasteiger partial charge in [-0.05, 0) is 20.8 Å². The zero-order chi connectivity index (χ0) is 14.9. The Morgan fingerprint density at radius 2 is 2.05 bits per heavy atom. The smallest absolute Gasteiger partial charge is 0.322 e. The number of hydrogen-bond donors (Lipinski definition) is 2. The van der Waals surface area contributed by atoms with Crippen LogP contribution < -0.4 is 20.7 Å². The number of ether oxygens (including phenoxy) is 1. The van der Waals surface area contributed by atoms with E-state index >= 15 is 0 Å². The van der Waals surface area contributed by atoms with Crippen molar-refractivity contribution < 1.29 is 9.53 Å². The van der Waals surface area contributed by atoms with E-state index in [1.165, 1.54) is 12.0 Å². The first-order valence-corrected chi connectivity index (χ1v) is 6.16. The molecule has 0 saturated heterocycles. The number of amides is 1. The largest absolute Gasteiger partial charge is 0.467 e. The van der Waals surface area contributed by atoms with Gasteiger partial charge >= 0.3 is 6.01 Å². The number of guanidine groups is 1. The Hall–Kier alpha value is -2.45. The number of nitrogens with two attached hydrogens (primary N) is 1. The summed E-state index contributed by atoms with van der Waals surface area (Å²) < 4.78 is 5.04. The van der Waals surface area contributed by atoms with E-state index in [0.29, 0.717) is 5.95 Å². The summed E-state index contributed by atoms with van der Waals surface area (Å²) in [6, 6.07) is -0.273. The molecule has 20 heavy (non-hydrogen) atoms. The number of methoxy groups -OCH3 is 1. The van der Waals surface area contributed by atoms with Gasteiger partial charge in [-0.3, -0.25) is 9.69 Å². The highest BCUT2D eigenvalue weighted by Gasteiger charge is 2.33. The first-order chi connectivity index (χ1) is 9.42. The predicted molar refractivity (Wildman–Crippen MR) is 73.7 cm³/mol. The lowest BCUT2D eigenvalue weighted by molar-refractivity contribution is -0.117. The van der Waals surface area contributed by atoms with Crippen molar-refractivity contribution in [2.75, 3.05) is 17.3 Å². The van der Waals surface area contributed by atoms with E-state index in [0.717, 1.165) is 0 Å². The van der Waals surface area contributed by atoms with Crippen molar-refractivity contribution in [3.8, 4) is 6.01 Å². The lowest BCUT2D eigenvalue weighted by Crippen LogP contribution is -2.41. The van der Waals surface area contributed by atoms with Gasteiger partial charge in [-0.1, -0.05) is 0 Å². The number of nitrogens with one attached hydrogen (secondary N) is 1. The molecule has 108 valence electrons. The summed E-state index contributed by atoms with van der Waals surface area (Å²) in [6.45, 7) is 5.58. The Morgan fingerprint density at radius 1 is 1.35 bits per heavy atom. The monoisotopic (exact) mass is 279 g/mol. The Bertz CT molecular complexity index is 558. The van der Waals surface area contributed by atoms with Crippen molar-refractivity contribution in [3.63, 3.8) is 0 Å². The van der Waals surface area contributed by atoms with Crippen molar-refractivity contribution >= 4 is 23.8 Å². The second-order valence-corrected chi connectivity index (χ2v) is 4.60. The number of aliphatic imine (C=N–C) groups is 1. The van der Waals surface area contributed by atoms with Gasteiger partial charge in [0.15, 0.2) is 0 Å². The van der Waals surface area contributed by atoms with Crippen LogP contribution in [0.1, 0.15) is 20.8 Å². The minimum atomic E-state index is -0.547. The molecular formula is C11H17N7O2. The zero-order valence-corrected chi connectivity index (χ0v) is 11.8. The van der Waals surface area contributed by atoms with Gasteiger partial charge < -0.3 is 15.8 Å². The molecule has 9 heteroatoms. The molecule has 3 N–H and O–H groups in total. The van der Waals surface area contributed by atoms with E-state index in [1.54, 1.807) is 6.92 Å². The number of nitrogens with zero attached hydrogens (tertiary/aromatic N) is 5. The molecule has 2 rings (SSSR count). The normalized spacial score (nSPS) is 18.4. The fourth-order valence-electron chi connectivity index (χ4n) is 1.71. The molecule has 0 unspecified atom stereocenters. The van der Waals surface area contributed by atoms with Gasteiger partial charge in [0.2, 0.25) is 17.9 Å². The maximum atomic E-state index is 11.6. The lowest BCUT2D eigenvalue weighted by Gasteiger charge is -2.20. The Kier molecular flexibility index (Phi) is 3.68. The molecule has 0 aromatic carbocycles. The predicted octanol–water partition coefficient (Wildman–Crippen LogP) is -0.250. The van der Waals surface area contributed by atoms with Gasteiger partial charge in [0, 0.05) is 6.04 Å². The quantitative estimate of drug-likeness (QED) is 0.774. The number of hydrogen-bond acceptors (Lipinski definition) is 8. The van der Waals surface area contributed by atoms with Crippen LogP contribution in [-0.2, 0) is 4.79 Å². The third-order valence-electron chi connectivity index (χ3n) is 2.64. The average molecular weight is 279 g/mol. The molecule has 0 saturated carbocycles. The van der Waals surface area contributed by atoms with Crippen LogP contribution in [0.5, 0.6) is 6.01 Å². The van der Waals surface area contributed by atoms with E-state index in [-0.39, 0.29) is 29.9 Å². The molecule has 0 radical (unpaired) electrons. The molecule has 0 aliphatic carbocycles. The van der Waals surface area contributed by atoms with Crippen LogP contribution in [-0.4, -0.2) is 46.0 Å². The van der Waals surface area contributed by atoms with Crippen molar-refractivity contribution in [1.82, 2.24) is 15.0 Å². The standard InChI is InChI=1S/C11H17N7O2/c1-5(2)13-9-15-10(17-11(16-9)20-4)18-6(3)7(19)14-8(18)12/h5-6H,1-4H3,(H2,12,14,19)(H,13,15,16,17)/t6-/m0/s1. The van der Waals surface area contributed by atoms with Crippen molar-refractivity contribution in [1.29, 1.82) is 0 Å². The summed E-state index contributed by atoms with van der Waals surface area (Å²) >= 11 is 0. The van der Waals surface area contributed by atoms with Gasteiger partial charge in [-0.2, -0.15) is 19.9 Å². The first kappa shape index (κ1) is 14.0. The molecule has 0 bridgehead atoms. The van der Waals surface area contributed by atoms with Gasteiger partial charge in [0.05, 0.1) is 7.11 Å². The molecule has 0 spiro atoms. The van der Waals surface area contributed by atoms with Crippen LogP contribution >= 0.6 is 0 Å². The molecule has 1 aliphatic heterocycles. The number of carbonyl (C=O) groups excluding carboxylic acids is 1. The van der Waals surface area contributed by atoms with Gasteiger partial charge in [-0.15, -0.1) is 0 Å². The van der Waals surface area contributed by atoms with Gasteiger partial charge in [0.25, 0.3) is 5.91 Å². The molecule has 1 aromatic rings. The van der Waals surface area contributed by atoms with Crippen LogP contribution in [0.25, 0.3) is 0 Å². The summed E-state index contributed by atoms with van der Waals surface area (Å²) in [6.07, 6.45) is 0. The molecular weight excluding hydrogens is 262 g/mol. The second kappa shape index (κ2) is 5.27. The number of rotatable bonds is 4. The molecule has 1 aliphatic rings. The fraction of sp³-hybridized carbons (Fsp3) is 0.545. The average Bonchev–Trinajstić information content (AvgIpc) is 2.62. The summed E-state index contributed by atoms with van der Waals surface area (Å²) in [7, 11) is 1.45. The number of anilines is 2. The Morgan fingerprint density at radius 3 is 2.55 bits per heavy atom. The molecule has 1 aromatic heterocycles. The van der Waals surface area contributed by atoms with Gasteiger partial charge in [-0.25, -0.2) is 0 Å². The molecule has 9 nitrogen and oxygen atoms in total. The summed E-state index contributed by atoms with van der Waals surface area (Å²) in [5.74, 6) is 0.298. The van der Waals surface area contributed by atoms with E-state index in [4.69, 9.17) is 10.5 Å². The summed E-state index contributed by atoms with van der Waals surface area (Å²) in [5.41, 5.74) is 5.73. The maximum absolute atomic E-state index is 11.6. The highest BCUT2D eigenvalue weighted by molar-refractivity contribution is 6.11. The zero-order valence-electron chi connectivity index (χ0n) is 11.8. The van der Waals surface area contributed by atoms with Crippen LogP contribution in [0.4, 0.5) is 11.9 Å². The highest BCUT2D eigenvalue weighted by Crippen LogP contribution is 2.20. The SMILES string of the molecule is COc1nc(NC(C)C)nc(N2C(N)=NC(=O)[C@@H]2C)n1. The third-order valence-corrected chi connectivity index (χ3v) is 2.64. The fourth-order valence-corrected chi connectivity index (χ4v) is 1.71. The summed E-state index contributed by atoms with van der Waals surface area (Å²) in [4.78, 5) is 29.1. The van der Waals surface area contributed by atoms with E-state index in [2.05, 4.69) is 25.3 Å². The maximum Gasteiger partial charge on any atom is 0.322 e. The Balaban J connectivity index is 2.41. The summed E-state index contributed by atoms with van der Waals surface area (Å²) in [5, 5.41) is 3.05. The molecule has 0 fully saturated rings.